The van der Waals surface area contributed by atoms with Crippen LogP contribution in [0.2, 0.25) is 18.1 Å². The van der Waals surface area contributed by atoms with Gasteiger partial charge in [0.1, 0.15) is 18.2 Å². The molecule has 3 rings (SSSR count). The molecule has 2 aliphatic rings. The van der Waals surface area contributed by atoms with Crippen molar-refractivity contribution in [1.82, 2.24) is 0 Å². The lowest BCUT2D eigenvalue weighted by molar-refractivity contribution is -0.335. The van der Waals surface area contributed by atoms with Gasteiger partial charge in [-0.2, -0.15) is 0 Å². The molecule has 9 heteroatoms. The highest BCUT2D eigenvalue weighted by Crippen LogP contribution is 2.41. The molecule has 29 heavy (non-hydrogen) atoms. The summed E-state index contributed by atoms with van der Waals surface area (Å²) in [7, 11) is -0.584. The van der Waals surface area contributed by atoms with E-state index in [1.807, 2.05) is 30.3 Å². The summed E-state index contributed by atoms with van der Waals surface area (Å²) in [6.45, 7) is 11.1. The summed E-state index contributed by atoms with van der Waals surface area (Å²) < 4.78 is 30.6. The number of benzene rings is 1. The second kappa shape index (κ2) is 8.73. The summed E-state index contributed by atoms with van der Waals surface area (Å²) in [6.07, 6.45) is -2.55. The van der Waals surface area contributed by atoms with E-state index in [0.29, 0.717) is 6.61 Å². The monoisotopic (exact) mass is 421 g/mol. The third-order valence-electron chi connectivity index (χ3n) is 6.05. The van der Waals surface area contributed by atoms with E-state index in [0.717, 1.165) is 5.56 Å². The van der Waals surface area contributed by atoms with Crippen molar-refractivity contribution in [3.05, 3.63) is 46.3 Å². The Balaban J connectivity index is 1.84. The maximum absolute atomic E-state index is 9.17. The Bertz CT molecular complexity index is 735. The third-order valence-corrected chi connectivity index (χ3v) is 10.5. The minimum Gasteiger partial charge on any atom is -0.392 e. The number of ether oxygens (including phenoxy) is 4. The number of rotatable bonds is 5. The van der Waals surface area contributed by atoms with Crippen LogP contribution in [0.5, 0.6) is 0 Å². The molecule has 0 aromatic heterocycles. The maximum atomic E-state index is 9.17. The molecule has 2 heterocycles. The Hall–Kier alpha value is -1.45. The first-order valence-corrected chi connectivity index (χ1v) is 12.8. The summed E-state index contributed by atoms with van der Waals surface area (Å²) in [5, 5.41) is 3.96. The maximum Gasteiger partial charge on any atom is 0.195 e. The zero-order valence-corrected chi connectivity index (χ0v) is 18.9. The lowest BCUT2D eigenvalue weighted by Gasteiger charge is -2.50. The number of nitrogens with zero attached hydrogens (tertiary/aromatic N) is 3. The van der Waals surface area contributed by atoms with Crippen molar-refractivity contribution in [3.8, 4) is 0 Å². The zero-order chi connectivity index (χ0) is 21.2. The number of azide groups is 1. The minimum absolute atomic E-state index is 0.0192. The van der Waals surface area contributed by atoms with Crippen LogP contribution in [-0.2, 0) is 23.4 Å². The topological polar surface area (TPSA) is 94.9 Å². The van der Waals surface area contributed by atoms with Gasteiger partial charge in [-0.25, -0.2) is 0 Å². The van der Waals surface area contributed by atoms with Crippen LogP contribution in [0.1, 0.15) is 32.6 Å². The second-order valence-corrected chi connectivity index (χ2v) is 13.7. The fraction of sp³-hybridized carbons (Fsp3) is 0.700. The van der Waals surface area contributed by atoms with Crippen LogP contribution in [0.4, 0.5) is 0 Å². The van der Waals surface area contributed by atoms with Gasteiger partial charge in [-0.1, -0.05) is 56.2 Å². The van der Waals surface area contributed by atoms with Gasteiger partial charge >= 0.3 is 0 Å². The molecule has 1 aromatic carbocycles. The second-order valence-electron chi connectivity index (χ2n) is 8.99. The van der Waals surface area contributed by atoms with E-state index in [1.54, 1.807) is 7.11 Å². The van der Waals surface area contributed by atoms with E-state index in [2.05, 4.69) is 43.9 Å². The number of methoxy groups -OCH3 is 1. The molecule has 0 spiro atoms. The number of fused-ring (bicyclic) bond motifs is 1. The normalized spacial score (nSPS) is 32.9. The summed E-state index contributed by atoms with van der Waals surface area (Å²) in [5.74, 6) is 0. The molecule has 0 N–H and O–H groups in total. The van der Waals surface area contributed by atoms with Crippen molar-refractivity contribution < 1.29 is 23.4 Å². The Kier molecular flexibility index (Phi) is 6.69. The smallest absolute Gasteiger partial charge is 0.195 e. The van der Waals surface area contributed by atoms with Gasteiger partial charge in [0.25, 0.3) is 0 Å². The van der Waals surface area contributed by atoms with Crippen LogP contribution in [0.15, 0.2) is 35.4 Å². The Morgan fingerprint density at radius 1 is 1.17 bits per heavy atom. The first kappa shape index (κ1) is 22.2. The van der Waals surface area contributed by atoms with Gasteiger partial charge < -0.3 is 23.4 Å². The highest BCUT2D eigenvalue weighted by Gasteiger charge is 2.52. The minimum atomic E-state index is -2.17. The molecule has 0 saturated carbocycles. The average molecular weight is 422 g/mol. The first-order valence-electron chi connectivity index (χ1n) is 9.90. The highest BCUT2D eigenvalue weighted by molar-refractivity contribution is 6.74. The van der Waals surface area contributed by atoms with Gasteiger partial charge in [0.05, 0.1) is 12.7 Å². The SMILES string of the molecule is CO[C@@H]1[C@@H](N=[N+]=[N-])[C@H](O[Si](C)(C)C(C)(C)C)O[C@@H]2COC(c3ccccc3)O[C@H]12. The van der Waals surface area contributed by atoms with Crippen LogP contribution >= 0.6 is 0 Å². The van der Waals surface area contributed by atoms with E-state index in [-0.39, 0.29) is 11.1 Å². The van der Waals surface area contributed by atoms with Gasteiger partial charge in [-0.3, -0.25) is 0 Å². The Morgan fingerprint density at radius 2 is 1.86 bits per heavy atom. The van der Waals surface area contributed by atoms with Gasteiger partial charge in [-0.15, -0.1) is 0 Å². The number of hydrogen-bond donors (Lipinski definition) is 0. The van der Waals surface area contributed by atoms with E-state index in [9.17, 15) is 5.53 Å². The molecule has 6 atom stereocenters. The quantitative estimate of drug-likeness (QED) is 0.301. The van der Waals surface area contributed by atoms with Crippen LogP contribution in [0.25, 0.3) is 10.4 Å². The molecule has 0 bridgehead atoms. The standard InChI is InChI=1S/C20H31N3O5Si/c1-20(2,3)29(5,6)28-19-15(22-23-21)17(24-4)16-14(26-19)12-25-18(27-16)13-10-8-7-9-11-13/h7-11,14-19H,12H2,1-6H3/t14-,15-,16+,17-,18?,19+/m1/s1. The summed E-state index contributed by atoms with van der Waals surface area (Å²) >= 11 is 0. The molecular formula is C20H31N3O5Si. The van der Waals surface area contributed by atoms with E-state index in [1.165, 1.54) is 0 Å². The van der Waals surface area contributed by atoms with Gasteiger partial charge in [0.2, 0.25) is 0 Å². The van der Waals surface area contributed by atoms with Crippen LogP contribution in [0, 0.1) is 0 Å². The summed E-state index contributed by atoms with van der Waals surface area (Å²) in [4.78, 5) is 3.03. The molecule has 160 valence electrons. The van der Waals surface area contributed by atoms with Crippen molar-refractivity contribution in [2.24, 2.45) is 5.11 Å². The third kappa shape index (κ3) is 4.67. The van der Waals surface area contributed by atoms with Crippen LogP contribution in [0.3, 0.4) is 0 Å². The molecule has 2 saturated heterocycles. The van der Waals surface area contributed by atoms with Gasteiger partial charge in [-0.05, 0) is 23.7 Å². The van der Waals surface area contributed by atoms with Gasteiger partial charge in [0, 0.05) is 17.6 Å². The molecule has 1 aromatic rings. The van der Waals surface area contributed by atoms with Crippen molar-refractivity contribution in [1.29, 1.82) is 0 Å². The zero-order valence-electron chi connectivity index (χ0n) is 17.9. The first-order chi connectivity index (χ1) is 13.7. The van der Waals surface area contributed by atoms with E-state index >= 15 is 0 Å². The molecular weight excluding hydrogens is 390 g/mol. The van der Waals surface area contributed by atoms with Crippen molar-refractivity contribution in [3.63, 3.8) is 0 Å². The van der Waals surface area contributed by atoms with Crippen LogP contribution < -0.4 is 0 Å². The Morgan fingerprint density at radius 3 is 2.45 bits per heavy atom. The predicted molar refractivity (Wildman–Crippen MR) is 111 cm³/mol. The van der Waals surface area contributed by atoms with Gasteiger partial charge in [0.15, 0.2) is 20.9 Å². The molecule has 0 radical (unpaired) electrons. The molecule has 0 aliphatic carbocycles. The molecule has 0 amide bonds. The van der Waals surface area contributed by atoms with E-state index in [4.69, 9.17) is 23.4 Å². The highest BCUT2D eigenvalue weighted by atomic mass is 28.4. The fourth-order valence-electron chi connectivity index (χ4n) is 3.36. The van der Waals surface area contributed by atoms with Crippen molar-refractivity contribution in [2.45, 2.75) is 75.8 Å². The predicted octanol–water partition coefficient (Wildman–Crippen LogP) is 4.54. The summed E-state index contributed by atoms with van der Waals surface area (Å²) in [6, 6.07) is 9.05. The molecule has 8 nitrogen and oxygen atoms in total. The average Bonchev–Trinajstić information content (AvgIpc) is 2.68. The van der Waals surface area contributed by atoms with Crippen molar-refractivity contribution >= 4 is 8.32 Å². The van der Waals surface area contributed by atoms with Crippen molar-refractivity contribution in [2.75, 3.05) is 13.7 Å². The largest absolute Gasteiger partial charge is 0.392 e. The Labute approximate surface area is 173 Å². The van der Waals surface area contributed by atoms with E-state index < -0.39 is 39.1 Å². The molecule has 2 aliphatic heterocycles. The fourth-order valence-corrected chi connectivity index (χ4v) is 4.49. The molecule has 2 fully saturated rings. The number of hydrogen-bond acceptors (Lipinski definition) is 6. The lowest BCUT2D eigenvalue weighted by Crippen LogP contribution is -2.64. The lowest BCUT2D eigenvalue weighted by atomic mass is 9.96. The van der Waals surface area contributed by atoms with Crippen LogP contribution in [-0.4, -0.2) is 52.7 Å². The summed E-state index contributed by atoms with van der Waals surface area (Å²) in [5.41, 5.74) is 10.1. The molecule has 1 unspecified atom stereocenters.